The Morgan fingerprint density at radius 1 is 0.778 bits per heavy atom. The van der Waals surface area contributed by atoms with Gasteiger partial charge < -0.3 is 49.7 Å². The summed E-state index contributed by atoms with van der Waals surface area (Å²) in [6.45, 7) is 3.49. The smallest absolute Gasteiger partial charge is 0.326 e. The number of aliphatic carboxylic acids is 1. The summed E-state index contributed by atoms with van der Waals surface area (Å²) in [5, 5.41) is 16.3. The number of hydrogen-bond acceptors (Lipinski definition) is 8. The van der Waals surface area contributed by atoms with Gasteiger partial charge in [-0.15, -0.1) is 0 Å². The largest absolute Gasteiger partial charge is 0.480 e. The Balaban J connectivity index is 5.72. The molecule has 4 atom stereocenters. The van der Waals surface area contributed by atoms with Gasteiger partial charge in [-0.05, 0) is 25.2 Å². The van der Waals surface area contributed by atoms with Crippen molar-refractivity contribution in [1.29, 1.82) is 0 Å². The predicted molar refractivity (Wildman–Crippen MR) is 128 cm³/mol. The summed E-state index contributed by atoms with van der Waals surface area (Å²) in [6.07, 6.45) is -0.963. The molecule has 0 rings (SSSR count). The number of aliphatic imine (C=N–C) groups is 1. The first-order valence-corrected chi connectivity index (χ1v) is 11.2. The Morgan fingerprint density at radius 2 is 1.28 bits per heavy atom. The summed E-state index contributed by atoms with van der Waals surface area (Å²) in [7, 11) is 0. The second-order valence-corrected chi connectivity index (χ2v) is 8.42. The van der Waals surface area contributed by atoms with Crippen molar-refractivity contribution in [3.63, 3.8) is 0 Å². The van der Waals surface area contributed by atoms with Crippen molar-refractivity contribution < 1.29 is 33.9 Å². The maximum Gasteiger partial charge on any atom is 0.326 e. The molecule has 4 unspecified atom stereocenters. The SMILES string of the molecule is CC(C)C(N)C(=O)NC(CCC(N)=O)C(=O)NC(CCCN=C(N)N)C(=O)NC(CC(N)=O)C(=O)O. The van der Waals surface area contributed by atoms with Crippen LogP contribution in [0.2, 0.25) is 0 Å². The molecule has 0 spiro atoms. The highest BCUT2D eigenvalue weighted by molar-refractivity contribution is 5.95. The van der Waals surface area contributed by atoms with E-state index in [4.69, 9.17) is 28.7 Å². The number of nitrogens with two attached hydrogens (primary N) is 5. The lowest BCUT2D eigenvalue weighted by atomic mass is 10.0. The van der Waals surface area contributed by atoms with E-state index >= 15 is 0 Å². The summed E-state index contributed by atoms with van der Waals surface area (Å²) < 4.78 is 0. The van der Waals surface area contributed by atoms with Gasteiger partial charge in [-0.1, -0.05) is 13.8 Å². The Morgan fingerprint density at radius 3 is 1.72 bits per heavy atom. The molecule has 0 aromatic carbocycles. The summed E-state index contributed by atoms with van der Waals surface area (Å²) >= 11 is 0. The van der Waals surface area contributed by atoms with Crippen LogP contribution in [0.1, 0.15) is 46.0 Å². The van der Waals surface area contributed by atoms with Gasteiger partial charge in [0.2, 0.25) is 29.5 Å². The molecule has 0 bridgehead atoms. The molecule has 0 aliphatic rings. The van der Waals surface area contributed by atoms with Gasteiger partial charge in [0.15, 0.2) is 5.96 Å². The molecule has 0 aromatic heterocycles. The average Bonchev–Trinajstić information content (AvgIpc) is 2.76. The fourth-order valence-electron chi connectivity index (χ4n) is 2.84. The number of rotatable bonds is 17. The van der Waals surface area contributed by atoms with Crippen LogP contribution in [0.3, 0.4) is 0 Å². The molecule has 16 heteroatoms. The van der Waals surface area contributed by atoms with E-state index in [1.54, 1.807) is 13.8 Å². The van der Waals surface area contributed by atoms with Crippen LogP contribution in [0.4, 0.5) is 0 Å². The summed E-state index contributed by atoms with van der Waals surface area (Å²) in [5.41, 5.74) is 26.5. The maximum atomic E-state index is 13.0. The fraction of sp³-hybridized carbons (Fsp3) is 0.650. The molecular weight excluding hydrogens is 478 g/mol. The number of guanidine groups is 1. The Labute approximate surface area is 208 Å². The number of carboxylic acid groups (broad SMARTS) is 1. The first kappa shape index (κ1) is 32.0. The molecule has 0 saturated heterocycles. The number of nitrogens with zero attached hydrogens (tertiary/aromatic N) is 1. The standard InChI is InChI=1S/C20H37N9O7/c1-9(2)15(23)18(34)28-11(5-6-13(21)30)17(33)27-10(4-3-7-26-20(24)25)16(32)29-12(19(35)36)8-14(22)31/h9-12,15H,3-8,23H2,1-2H3,(H2,21,30)(H2,22,31)(H,27,33)(H,28,34)(H,29,32)(H,35,36)(H4,24,25,26). The Bertz CT molecular complexity index is 843. The van der Waals surface area contributed by atoms with Gasteiger partial charge in [0.25, 0.3) is 0 Å². The molecule has 14 N–H and O–H groups in total. The van der Waals surface area contributed by atoms with Crippen LogP contribution in [0.5, 0.6) is 0 Å². The van der Waals surface area contributed by atoms with Crippen molar-refractivity contribution in [2.45, 2.75) is 70.1 Å². The van der Waals surface area contributed by atoms with E-state index in [9.17, 15) is 33.9 Å². The van der Waals surface area contributed by atoms with Gasteiger partial charge in [-0.2, -0.15) is 0 Å². The van der Waals surface area contributed by atoms with Crippen LogP contribution in [-0.4, -0.2) is 77.3 Å². The second kappa shape index (κ2) is 15.9. The zero-order valence-corrected chi connectivity index (χ0v) is 20.4. The topological polar surface area (TPSA) is 301 Å². The summed E-state index contributed by atoms with van der Waals surface area (Å²) in [4.78, 5) is 75.7. The molecule has 0 heterocycles. The van der Waals surface area contributed by atoms with Crippen LogP contribution >= 0.6 is 0 Å². The molecule has 36 heavy (non-hydrogen) atoms. The first-order chi connectivity index (χ1) is 16.6. The quantitative estimate of drug-likeness (QED) is 0.0509. The van der Waals surface area contributed by atoms with Crippen molar-refractivity contribution in [2.24, 2.45) is 39.6 Å². The predicted octanol–water partition coefficient (Wildman–Crippen LogP) is -4.30. The highest BCUT2D eigenvalue weighted by atomic mass is 16.4. The van der Waals surface area contributed by atoms with E-state index in [2.05, 4.69) is 20.9 Å². The molecule has 0 saturated carbocycles. The lowest BCUT2D eigenvalue weighted by Crippen LogP contribution is -2.57. The Hall–Kier alpha value is -3.95. The molecule has 0 aliphatic heterocycles. The number of primary amides is 2. The minimum absolute atomic E-state index is 0.0424. The maximum absolute atomic E-state index is 13.0. The molecular formula is C20H37N9O7. The lowest BCUT2D eigenvalue weighted by molar-refractivity contribution is -0.143. The highest BCUT2D eigenvalue weighted by Gasteiger charge is 2.31. The fourth-order valence-corrected chi connectivity index (χ4v) is 2.84. The molecule has 0 aromatic rings. The van der Waals surface area contributed by atoms with E-state index in [0.717, 1.165) is 0 Å². The van der Waals surface area contributed by atoms with Gasteiger partial charge in [-0.3, -0.25) is 29.0 Å². The third-order valence-electron chi connectivity index (χ3n) is 4.93. The molecule has 204 valence electrons. The zero-order chi connectivity index (χ0) is 28.0. The van der Waals surface area contributed by atoms with Gasteiger partial charge in [0.05, 0.1) is 12.5 Å². The second-order valence-electron chi connectivity index (χ2n) is 8.42. The normalized spacial score (nSPS) is 14.0. The average molecular weight is 516 g/mol. The number of carbonyl (C=O) groups is 6. The van der Waals surface area contributed by atoms with Crippen LogP contribution in [-0.2, 0) is 28.8 Å². The number of nitrogens with one attached hydrogen (secondary N) is 3. The van der Waals surface area contributed by atoms with Gasteiger partial charge in [0, 0.05) is 13.0 Å². The first-order valence-electron chi connectivity index (χ1n) is 11.2. The van der Waals surface area contributed by atoms with Crippen molar-refractivity contribution in [2.75, 3.05) is 6.54 Å². The van der Waals surface area contributed by atoms with Crippen LogP contribution in [0.15, 0.2) is 4.99 Å². The zero-order valence-electron chi connectivity index (χ0n) is 20.4. The van der Waals surface area contributed by atoms with E-state index in [1.165, 1.54) is 0 Å². The van der Waals surface area contributed by atoms with Crippen molar-refractivity contribution >= 4 is 41.5 Å². The lowest BCUT2D eigenvalue weighted by Gasteiger charge is -2.25. The summed E-state index contributed by atoms with van der Waals surface area (Å²) in [5.74, 6) is -6.08. The van der Waals surface area contributed by atoms with Gasteiger partial charge in [0.1, 0.15) is 18.1 Å². The molecule has 5 amide bonds. The van der Waals surface area contributed by atoms with Crippen molar-refractivity contribution in [1.82, 2.24) is 16.0 Å². The molecule has 0 fully saturated rings. The highest BCUT2D eigenvalue weighted by Crippen LogP contribution is 2.06. The number of carbonyl (C=O) groups excluding carboxylic acids is 5. The van der Waals surface area contributed by atoms with Crippen LogP contribution < -0.4 is 44.6 Å². The molecule has 0 radical (unpaired) electrons. The van der Waals surface area contributed by atoms with E-state index in [1.807, 2.05) is 0 Å². The van der Waals surface area contributed by atoms with E-state index in [0.29, 0.717) is 0 Å². The van der Waals surface area contributed by atoms with Crippen LogP contribution in [0, 0.1) is 5.92 Å². The third kappa shape index (κ3) is 13.1. The van der Waals surface area contributed by atoms with E-state index < -0.39 is 66.1 Å². The van der Waals surface area contributed by atoms with Gasteiger partial charge >= 0.3 is 5.97 Å². The minimum Gasteiger partial charge on any atom is -0.480 e. The third-order valence-corrected chi connectivity index (χ3v) is 4.93. The van der Waals surface area contributed by atoms with Gasteiger partial charge in [-0.25, -0.2) is 4.79 Å². The summed E-state index contributed by atoms with van der Waals surface area (Å²) in [6, 6.07) is -5.17. The Kier molecular flexibility index (Phi) is 14.1. The number of carboxylic acids is 1. The van der Waals surface area contributed by atoms with Crippen molar-refractivity contribution in [3.05, 3.63) is 0 Å². The van der Waals surface area contributed by atoms with E-state index in [-0.39, 0.29) is 44.1 Å². The monoisotopic (exact) mass is 515 g/mol. The van der Waals surface area contributed by atoms with Crippen molar-refractivity contribution in [3.8, 4) is 0 Å². The van der Waals surface area contributed by atoms with Crippen LogP contribution in [0.25, 0.3) is 0 Å². The molecule has 0 aliphatic carbocycles. The number of hydrogen-bond donors (Lipinski definition) is 9. The molecule has 16 nitrogen and oxygen atoms in total. The number of amides is 5. The minimum atomic E-state index is -1.64.